The SMILES string of the molecule is Cc1nc(C)c(C(=O)N2CCNC(=O)c3coc(n3)[C@H](Cc3ccccc3)NC(=O)c3csc(n3)[C@H](C(C)C)NC(=O)C2)o1. The number of oxazole rings is 2. The molecule has 0 unspecified atom stereocenters. The minimum absolute atomic E-state index is 0.00136. The van der Waals surface area contributed by atoms with Crippen molar-refractivity contribution in [3.05, 3.63) is 87.2 Å². The molecular weight excluding hydrogens is 586 g/mol. The van der Waals surface area contributed by atoms with Crippen LogP contribution in [0.15, 0.2) is 50.8 Å². The molecule has 3 aromatic heterocycles. The van der Waals surface area contributed by atoms with Crippen molar-refractivity contribution in [2.24, 2.45) is 5.92 Å². The average Bonchev–Trinajstić information content (AvgIpc) is 3.75. The van der Waals surface area contributed by atoms with Crippen LogP contribution in [0.3, 0.4) is 0 Å². The van der Waals surface area contributed by atoms with Crippen molar-refractivity contribution in [2.45, 2.75) is 46.2 Å². The lowest BCUT2D eigenvalue weighted by molar-refractivity contribution is -0.122. The Labute approximate surface area is 257 Å². The molecule has 230 valence electrons. The summed E-state index contributed by atoms with van der Waals surface area (Å²) in [7, 11) is 0. The van der Waals surface area contributed by atoms with Gasteiger partial charge in [0.1, 0.15) is 29.6 Å². The van der Waals surface area contributed by atoms with Crippen LogP contribution in [-0.4, -0.2) is 63.1 Å². The second-order valence-corrected chi connectivity index (χ2v) is 11.7. The van der Waals surface area contributed by atoms with Crippen molar-refractivity contribution < 1.29 is 28.0 Å². The van der Waals surface area contributed by atoms with Gasteiger partial charge in [-0.05, 0) is 18.4 Å². The number of hydrogen-bond donors (Lipinski definition) is 3. The van der Waals surface area contributed by atoms with E-state index in [1.165, 1.54) is 22.5 Å². The molecule has 4 aromatic rings. The zero-order chi connectivity index (χ0) is 31.4. The highest BCUT2D eigenvalue weighted by Crippen LogP contribution is 2.26. The molecule has 1 aliphatic rings. The molecule has 14 heteroatoms. The third kappa shape index (κ3) is 7.02. The maximum Gasteiger partial charge on any atom is 0.292 e. The Hall–Kier alpha value is -4.85. The van der Waals surface area contributed by atoms with E-state index >= 15 is 0 Å². The van der Waals surface area contributed by atoms with Gasteiger partial charge in [0.15, 0.2) is 11.6 Å². The molecule has 44 heavy (non-hydrogen) atoms. The lowest BCUT2D eigenvalue weighted by Crippen LogP contribution is -2.45. The summed E-state index contributed by atoms with van der Waals surface area (Å²) in [5, 5.41) is 10.8. The van der Waals surface area contributed by atoms with E-state index < -0.39 is 35.7 Å². The number of thiazole rings is 1. The van der Waals surface area contributed by atoms with Crippen LogP contribution >= 0.6 is 11.3 Å². The van der Waals surface area contributed by atoms with Gasteiger partial charge in [0.25, 0.3) is 17.7 Å². The van der Waals surface area contributed by atoms with Crippen LogP contribution in [0, 0.1) is 19.8 Å². The first-order valence-electron chi connectivity index (χ1n) is 14.2. The van der Waals surface area contributed by atoms with Crippen LogP contribution in [0.5, 0.6) is 0 Å². The predicted octanol–water partition coefficient (Wildman–Crippen LogP) is 3.15. The van der Waals surface area contributed by atoms with Gasteiger partial charge in [-0.2, -0.15) is 0 Å². The number of aromatic nitrogens is 3. The molecule has 1 aliphatic heterocycles. The fourth-order valence-corrected chi connectivity index (χ4v) is 5.82. The Morgan fingerprint density at radius 3 is 2.52 bits per heavy atom. The second kappa shape index (κ2) is 13.2. The van der Waals surface area contributed by atoms with E-state index in [-0.39, 0.29) is 48.6 Å². The highest BCUT2D eigenvalue weighted by molar-refractivity contribution is 7.09. The molecule has 0 radical (unpaired) electrons. The third-order valence-electron chi connectivity index (χ3n) is 7.03. The zero-order valence-electron chi connectivity index (χ0n) is 24.7. The molecule has 1 aromatic carbocycles. The number of hydrogen-bond acceptors (Lipinski definition) is 10. The van der Waals surface area contributed by atoms with E-state index in [4.69, 9.17) is 8.83 Å². The van der Waals surface area contributed by atoms with Crippen LogP contribution < -0.4 is 16.0 Å². The normalized spacial score (nSPS) is 18.3. The molecule has 5 rings (SSSR count). The highest BCUT2D eigenvalue weighted by Gasteiger charge is 2.29. The van der Waals surface area contributed by atoms with Crippen LogP contribution in [-0.2, 0) is 11.2 Å². The average molecular weight is 620 g/mol. The van der Waals surface area contributed by atoms with Gasteiger partial charge >= 0.3 is 0 Å². The largest absolute Gasteiger partial charge is 0.446 e. The van der Waals surface area contributed by atoms with E-state index in [0.29, 0.717) is 23.0 Å². The van der Waals surface area contributed by atoms with Gasteiger partial charge in [0.2, 0.25) is 17.6 Å². The minimum Gasteiger partial charge on any atom is -0.446 e. The van der Waals surface area contributed by atoms with Gasteiger partial charge in [0, 0.05) is 31.8 Å². The molecule has 13 nitrogen and oxygen atoms in total. The van der Waals surface area contributed by atoms with Crippen molar-refractivity contribution in [1.29, 1.82) is 0 Å². The summed E-state index contributed by atoms with van der Waals surface area (Å²) < 4.78 is 11.2. The maximum absolute atomic E-state index is 13.4. The van der Waals surface area contributed by atoms with Crippen molar-refractivity contribution in [3.8, 4) is 0 Å². The third-order valence-corrected chi connectivity index (χ3v) is 7.96. The fraction of sp³-hybridized carbons (Fsp3) is 0.367. The topological polar surface area (TPSA) is 173 Å². The Bertz CT molecular complexity index is 1660. The number of amides is 4. The lowest BCUT2D eigenvalue weighted by atomic mass is 10.0. The second-order valence-electron chi connectivity index (χ2n) is 10.8. The molecule has 2 atom stereocenters. The molecule has 4 bridgehead atoms. The number of fused-ring (bicyclic) bond motifs is 4. The number of carbonyl (C=O) groups excluding carboxylic acids is 4. The van der Waals surface area contributed by atoms with Gasteiger partial charge in [-0.25, -0.2) is 15.0 Å². The smallest absolute Gasteiger partial charge is 0.292 e. The van der Waals surface area contributed by atoms with E-state index in [2.05, 4.69) is 30.9 Å². The summed E-state index contributed by atoms with van der Waals surface area (Å²) in [6.07, 6.45) is 1.57. The zero-order valence-corrected chi connectivity index (χ0v) is 25.6. The molecule has 0 spiro atoms. The van der Waals surface area contributed by atoms with Crippen LogP contribution in [0.4, 0.5) is 0 Å². The molecule has 0 fully saturated rings. The van der Waals surface area contributed by atoms with Gasteiger partial charge in [0.05, 0.1) is 11.7 Å². The van der Waals surface area contributed by atoms with Crippen LogP contribution in [0.2, 0.25) is 0 Å². The van der Waals surface area contributed by atoms with Crippen molar-refractivity contribution >= 4 is 35.0 Å². The number of carbonyl (C=O) groups is 4. The summed E-state index contributed by atoms with van der Waals surface area (Å²) in [5.74, 6) is -1.56. The Morgan fingerprint density at radius 2 is 1.82 bits per heavy atom. The molecule has 0 aliphatic carbocycles. The predicted molar refractivity (Wildman–Crippen MR) is 159 cm³/mol. The molecular formula is C30H33N7O6S. The first-order valence-corrected chi connectivity index (χ1v) is 15.0. The maximum atomic E-state index is 13.4. The van der Waals surface area contributed by atoms with Gasteiger partial charge in [-0.3, -0.25) is 19.2 Å². The summed E-state index contributed by atoms with van der Waals surface area (Å²) in [5.41, 5.74) is 1.49. The van der Waals surface area contributed by atoms with Crippen LogP contribution in [0.1, 0.15) is 85.5 Å². The van der Waals surface area contributed by atoms with E-state index in [1.807, 2.05) is 44.2 Å². The van der Waals surface area contributed by atoms with E-state index in [0.717, 1.165) is 5.56 Å². The molecule has 0 saturated heterocycles. The molecule has 4 amide bonds. The Balaban J connectivity index is 1.48. The number of aryl methyl sites for hydroxylation is 2. The Kier molecular flexibility index (Phi) is 9.18. The molecule has 0 saturated carbocycles. The fourth-order valence-electron chi connectivity index (χ4n) is 4.80. The van der Waals surface area contributed by atoms with Gasteiger partial charge in [-0.15, -0.1) is 11.3 Å². The highest BCUT2D eigenvalue weighted by atomic mass is 32.1. The first-order chi connectivity index (χ1) is 21.1. The summed E-state index contributed by atoms with van der Waals surface area (Å²) in [4.78, 5) is 67.5. The van der Waals surface area contributed by atoms with Gasteiger partial charge < -0.3 is 29.7 Å². The lowest BCUT2D eigenvalue weighted by Gasteiger charge is -2.25. The van der Waals surface area contributed by atoms with E-state index in [9.17, 15) is 19.2 Å². The number of benzene rings is 1. The minimum atomic E-state index is -0.696. The monoisotopic (exact) mass is 619 g/mol. The number of rotatable bonds is 4. The first kappa shape index (κ1) is 30.6. The van der Waals surface area contributed by atoms with Crippen molar-refractivity contribution in [2.75, 3.05) is 19.6 Å². The summed E-state index contributed by atoms with van der Waals surface area (Å²) in [6.45, 7) is 6.82. The molecule has 4 heterocycles. The number of nitrogens with zero attached hydrogens (tertiary/aromatic N) is 4. The van der Waals surface area contributed by atoms with E-state index in [1.54, 1.807) is 19.2 Å². The Morgan fingerprint density at radius 1 is 1.05 bits per heavy atom. The standard InChI is InChI=1S/C30H33N7O6S/c1-16(2)24-29-35-22(15-44-29)27(40)33-20(12-19-8-6-5-7-9-19)28-34-21(14-42-28)26(39)31-10-11-37(13-23(38)36-24)30(41)25-17(3)32-18(4)43-25/h5-9,14-16,20,24H,10-13H2,1-4H3,(H,31,39)(H,33,40)(H,36,38)/t20-,24-/m0/s1. The van der Waals surface area contributed by atoms with Crippen molar-refractivity contribution in [1.82, 2.24) is 35.8 Å². The van der Waals surface area contributed by atoms with Crippen LogP contribution in [0.25, 0.3) is 0 Å². The molecule has 3 N–H and O–H groups in total. The quantitative estimate of drug-likeness (QED) is 0.310. The van der Waals surface area contributed by atoms with Crippen molar-refractivity contribution in [3.63, 3.8) is 0 Å². The number of nitrogens with one attached hydrogen (secondary N) is 3. The summed E-state index contributed by atoms with van der Waals surface area (Å²) >= 11 is 1.25. The summed E-state index contributed by atoms with van der Waals surface area (Å²) in [6, 6.07) is 8.28. The van der Waals surface area contributed by atoms with Gasteiger partial charge in [-0.1, -0.05) is 44.2 Å².